The molecule has 0 unspecified atom stereocenters. The fourth-order valence-electron chi connectivity index (χ4n) is 3.64. The Bertz CT molecular complexity index is 1070. The molecule has 4 N–H and O–H groups in total. The van der Waals surface area contributed by atoms with E-state index in [2.05, 4.69) is 5.32 Å². The van der Waals surface area contributed by atoms with Crippen LogP contribution in [0.3, 0.4) is 0 Å². The number of amides is 1. The highest BCUT2D eigenvalue weighted by Crippen LogP contribution is 2.15. The largest absolute Gasteiger partial charge is 0.481 e. The highest BCUT2D eigenvalue weighted by atomic mass is 16.6. The van der Waals surface area contributed by atoms with E-state index in [0.717, 1.165) is 0 Å². The molecule has 0 heterocycles. The Labute approximate surface area is 293 Å². The molecule has 0 spiro atoms. The normalized spacial score (nSPS) is 13.4. The summed E-state index contributed by atoms with van der Waals surface area (Å²) in [5, 5.41) is 10.8. The van der Waals surface area contributed by atoms with Crippen molar-refractivity contribution < 1.29 is 52.9 Å². The number of carboxylic acids is 1. The van der Waals surface area contributed by atoms with Crippen LogP contribution in [0.25, 0.3) is 0 Å². The molecular formula is C36H64N2O11. The molecule has 0 aromatic carbocycles. The summed E-state index contributed by atoms with van der Waals surface area (Å²) in [5.41, 5.74) is 4.31. The first-order valence-corrected chi connectivity index (χ1v) is 16.9. The Balaban J connectivity index is -0.000000719. The highest BCUT2D eigenvalue weighted by Gasteiger charge is 2.26. The molecule has 0 fully saturated rings. The van der Waals surface area contributed by atoms with Crippen LogP contribution in [0.4, 0.5) is 0 Å². The van der Waals surface area contributed by atoms with Gasteiger partial charge in [0.15, 0.2) is 5.78 Å². The minimum Gasteiger partial charge on any atom is -0.481 e. The second-order valence-corrected chi connectivity index (χ2v) is 14.5. The van der Waals surface area contributed by atoms with Crippen molar-refractivity contribution in [1.82, 2.24) is 5.32 Å². The molecule has 0 saturated heterocycles. The Morgan fingerprint density at radius 1 is 0.612 bits per heavy atom. The molecule has 0 aromatic heterocycles. The number of ketones is 4. The summed E-state index contributed by atoms with van der Waals surface area (Å²) in [6, 6.07) is -1.16. The Kier molecular flexibility index (Phi) is 26.0. The van der Waals surface area contributed by atoms with Crippen molar-refractivity contribution in [3.63, 3.8) is 0 Å². The number of hydrogen-bond donors (Lipinski definition) is 3. The van der Waals surface area contributed by atoms with Gasteiger partial charge >= 0.3 is 17.9 Å². The zero-order valence-electron chi connectivity index (χ0n) is 32.0. The van der Waals surface area contributed by atoms with Gasteiger partial charge in [0, 0.05) is 38.5 Å². The lowest BCUT2D eigenvalue weighted by molar-refractivity contribution is -0.161. The van der Waals surface area contributed by atoms with Crippen molar-refractivity contribution in [3.05, 3.63) is 0 Å². The number of carboxylic acid groups (broad SMARTS) is 1. The number of aliphatic carboxylic acids is 1. The second-order valence-electron chi connectivity index (χ2n) is 14.5. The molecule has 0 rings (SSSR count). The number of unbranched alkanes of at least 4 members (excludes halogenated alkanes) is 2. The lowest BCUT2D eigenvalue weighted by Crippen LogP contribution is -2.40. The third kappa shape index (κ3) is 34.2. The van der Waals surface area contributed by atoms with E-state index in [1.807, 2.05) is 0 Å². The molecular weight excluding hydrogens is 636 g/mol. The maximum atomic E-state index is 12.1. The number of carbonyl (C=O) groups excluding carboxylic acids is 7. The average molecular weight is 701 g/mol. The molecule has 0 saturated carbocycles. The van der Waals surface area contributed by atoms with E-state index in [-0.39, 0.29) is 60.7 Å². The van der Waals surface area contributed by atoms with Crippen LogP contribution in [0, 0.1) is 11.8 Å². The smallest absolute Gasteiger partial charge is 0.309 e. The van der Waals surface area contributed by atoms with Crippen LogP contribution in [0.5, 0.6) is 0 Å². The van der Waals surface area contributed by atoms with Crippen molar-refractivity contribution in [2.24, 2.45) is 17.6 Å². The number of esters is 2. The number of nitrogens with two attached hydrogens (primary N) is 1. The van der Waals surface area contributed by atoms with Crippen LogP contribution >= 0.6 is 0 Å². The van der Waals surface area contributed by atoms with Crippen molar-refractivity contribution in [1.29, 1.82) is 0 Å². The summed E-state index contributed by atoms with van der Waals surface area (Å²) >= 11 is 0. The first-order valence-electron chi connectivity index (χ1n) is 16.9. The molecule has 0 radical (unpaired) electrons. The standard InChI is InChI=1S/C18H31NO5.C11H21NO3.C7H12O3/c1-12(17(23)24-18(4,5)6)11-15(21)14(3)19-16(22)10-8-7-9-13(2)20;1-7(6-9(13)8(2)12)10(14)15-11(3,4)5;1-6(8)4-2-3-5-7(9)10/h12,14H,7-11H2,1-6H3,(H,19,22);7-8H,6,12H2,1-5H3;2-5H2,1H3,(H,9,10)/t12-,14+;7-,8+;/m11./s1. The fourth-order valence-corrected chi connectivity index (χ4v) is 3.64. The summed E-state index contributed by atoms with van der Waals surface area (Å²) in [6.07, 6.45) is 4.19. The molecule has 4 atom stereocenters. The zero-order chi connectivity index (χ0) is 39.1. The molecule has 49 heavy (non-hydrogen) atoms. The Morgan fingerprint density at radius 2 is 0.959 bits per heavy atom. The van der Waals surface area contributed by atoms with E-state index in [1.165, 1.54) is 13.8 Å². The van der Waals surface area contributed by atoms with E-state index >= 15 is 0 Å². The summed E-state index contributed by atoms with van der Waals surface area (Å²) in [7, 11) is 0. The quantitative estimate of drug-likeness (QED) is 0.119. The molecule has 284 valence electrons. The lowest BCUT2D eigenvalue weighted by Gasteiger charge is -2.22. The van der Waals surface area contributed by atoms with E-state index in [0.29, 0.717) is 38.5 Å². The number of hydrogen-bond acceptors (Lipinski definition) is 11. The van der Waals surface area contributed by atoms with Crippen LogP contribution in [-0.4, -0.2) is 75.3 Å². The van der Waals surface area contributed by atoms with Gasteiger partial charge < -0.3 is 35.2 Å². The van der Waals surface area contributed by atoms with Gasteiger partial charge in [-0.3, -0.25) is 28.8 Å². The second kappa shape index (κ2) is 25.5. The third-order valence-electron chi connectivity index (χ3n) is 6.35. The molecule has 0 bridgehead atoms. The number of rotatable bonds is 19. The van der Waals surface area contributed by atoms with Gasteiger partial charge in [-0.05, 0) is 94.9 Å². The van der Waals surface area contributed by atoms with Gasteiger partial charge in [-0.15, -0.1) is 0 Å². The van der Waals surface area contributed by atoms with Gasteiger partial charge in [-0.2, -0.15) is 0 Å². The maximum Gasteiger partial charge on any atom is 0.309 e. The van der Waals surface area contributed by atoms with Crippen LogP contribution in [0.1, 0.15) is 147 Å². The molecule has 0 aliphatic carbocycles. The molecule has 0 aliphatic rings. The molecule has 13 heteroatoms. The van der Waals surface area contributed by atoms with Crippen molar-refractivity contribution in [3.8, 4) is 0 Å². The zero-order valence-corrected chi connectivity index (χ0v) is 32.0. The van der Waals surface area contributed by atoms with Crippen molar-refractivity contribution in [2.75, 3.05) is 0 Å². The van der Waals surface area contributed by atoms with Gasteiger partial charge in [0.1, 0.15) is 28.6 Å². The molecule has 1 amide bonds. The van der Waals surface area contributed by atoms with Crippen molar-refractivity contribution >= 4 is 46.9 Å². The van der Waals surface area contributed by atoms with Crippen molar-refractivity contribution in [2.45, 2.75) is 171 Å². The predicted molar refractivity (Wildman–Crippen MR) is 186 cm³/mol. The molecule has 13 nitrogen and oxygen atoms in total. The molecule has 0 aliphatic heterocycles. The average Bonchev–Trinajstić information content (AvgIpc) is 2.91. The van der Waals surface area contributed by atoms with Crippen LogP contribution < -0.4 is 11.1 Å². The summed E-state index contributed by atoms with van der Waals surface area (Å²) in [6.45, 7) is 20.3. The molecule has 0 aromatic rings. The Morgan fingerprint density at radius 3 is 1.29 bits per heavy atom. The SMILES string of the molecule is CC(=O)CCCCC(=O)N[C@@H](C)C(=O)C[C@@H](C)C(=O)OC(C)(C)C.CC(=O)CCCCC(=O)O.C[C@H](N)C(=O)C[C@@H](C)C(=O)OC(C)(C)C. The first-order chi connectivity index (χ1) is 22.2. The number of nitrogens with one attached hydrogen (secondary N) is 1. The van der Waals surface area contributed by atoms with Crippen LogP contribution in [0.2, 0.25) is 0 Å². The van der Waals surface area contributed by atoms with E-state index in [9.17, 15) is 38.4 Å². The van der Waals surface area contributed by atoms with Crippen LogP contribution in [0.15, 0.2) is 0 Å². The van der Waals surface area contributed by atoms with Gasteiger partial charge in [0.05, 0.1) is 23.9 Å². The summed E-state index contributed by atoms with van der Waals surface area (Å²) < 4.78 is 10.4. The first kappa shape index (κ1) is 49.9. The fraction of sp³-hybridized carbons (Fsp3) is 0.778. The highest BCUT2D eigenvalue weighted by molar-refractivity contribution is 5.91. The topological polar surface area (TPSA) is 213 Å². The minimum absolute atomic E-state index is 0.0285. The summed E-state index contributed by atoms with van der Waals surface area (Å²) in [4.78, 5) is 89.7. The monoisotopic (exact) mass is 700 g/mol. The summed E-state index contributed by atoms with van der Waals surface area (Å²) in [5.74, 6) is -2.84. The number of Topliss-reactive ketones (excluding diaryl/α,β-unsaturated/α-hetero) is 4. The third-order valence-corrected chi connectivity index (χ3v) is 6.35. The van der Waals surface area contributed by atoms with E-state index < -0.39 is 47.1 Å². The minimum atomic E-state index is -0.788. The van der Waals surface area contributed by atoms with Gasteiger partial charge in [0.2, 0.25) is 5.91 Å². The van der Waals surface area contributed by atoms with E-state index in [1.54, 1.807) is 69.2 Å². The lowest BCUT2D eigenvalue weighted by atomic mass is 10.0. The Hall–Kier alpha value is -3.48. The van der Waals surface area contributed by atoms with Crippen LogP contribution in [-0.2, 0) is 47.8 Å². The van der Waals surface area contributed by atoms with E-state index in [4.69, 9.17) is 20.3 Å². The van der Waals surface area contributed by atoms with Gasteiger partial charge in [-0.25, -0.2) is 0 Å². The van der Waals surface area contributed by atoms with Gasteiger partial charge in [0.25, 0.3) is 0 Å². The maximum absolute atomic E-state index is 12.1. The number of ether oxygens (including phenoxy) is 2. The number of carbonyl (C=O) groups is 8. The van der Waals surface area contributed by atoms with Gasteiger partial charge in [-0.1, -0.05) is 13.8 Å². The predicted octanol–water partition coefficient (Wildman–Crippen LogP) is 5.07.